The quantitative estimate of drug-likeness (QED) is 0.454. The molecule has 1 saturated heterocycles. The molecule has 0 aromatic rings. The Morgan fingerprint density at radius 3 is 2.38 bits per heavy atom. The molecule has 1 aliphatic heterocycles. The van der Waals surface area contributed by atoms with Gasteiger partial charge in [-0.15, -0.1) is 0 Å². The summed E-state index contributed by atoms with van der Waals surface area (Å²) in [7, 11) is 0. The first-order valence-corrected chi connectivity index (χ1v) is 2.85. The summed E-state index contributed by atoms with van der Waals surface area (Å²) in [6, 6.07) is 0.142. The van der Waals surface area contributed by atoms with Crippen molar-refractivity contribution in [3.8, 4) is 0 Å². The summed E-state index contributed by atoms with van der Waals surface area (Å²) in [5.41, 5.74) is 8.26. The van der Waals surface area contributed by atoms with Gasteiger partial charge in [0.2, 0.25) is 0 Å². The van der Waals surface area contributed by atoms with Gasteiger partial charge in [0.15, 0.2) is 0 Å². The molecule has 45 valence electrons. The molecule has 0 unspecified atom stereocenters. The zero-order valence-corrected chi connectivity index (χ0v) is 4.71. The first-order chi connectivity index (χ1) is 3.93. The van der Waals surface area contributed by atoms with Crippen molar-refractivity contribution in [2.24, 2.45) is 5.11 Å². The molecule has 0 aliphatic carbocycles. The summed E-state index contributed by atoms with van der Waals surface area (Å²) < 4.78 is 5.03. The van der Waals surface area contributed by atoms with Gasteiger partial charge in [-0.1, -0.05) is 0 Å². The van der Waals surface area contributed by atoms with Gasteiger partial charge >= 0.3 is 0 Å². The van der Waals surface area contributed by atoms with E-state index in [-0.39, 0.29) is 6.04 Å². The smallest absolute Gasteiger partial charge is 0.0775 e. The molecule has 0 spiro atoms. The van der Waals surface area contributed by atoms with E-state index in [4.69, 9.17) is 10.3 Å². The van der Waals surface area contributed by atoms with Crippen LogP contribution in [-0.2, 0) is 4.74 Å². The van der Waals surface area contributed by atoms with Crippen molar-refractivity contribution in [2.75, 3.05) is 13.2 Å². The van der Waals surface area contributed by atoms with Gasteiger partial charge in [-0.3, -0.25) is 0 Å². The van der Waals surface area contributed by atoms with Crippen LogP contribution in [0.2, 0.25) is 0 Å². The highest BCUT2D eigenvalue weighted by Gasteiger charge is 2.11. The average molecular weight is 113 g/mol. The Morgan fingerprint density at radius 2 is 2.00 bits per heavy atom. The lowest BCUT2D eigenvalue weighted by Crippen LogP contribution is -2.18. The molecule has 0 aromatic heterocycles. The molecular weight excluding hydrogens is 104 g/mol. The zero-order valence-electron chi connectivity index (χ0n) is 4.71. The predicted octanol–water partition coefficient (Wildman–Crippen LogP) is 0.418. The Labute approximate surface area is 48.5 Å². The minimum Gasteiger partial charge on any atom is -0.381 e. The molecule has 1 heterocycles. The van der Waals surface area contributed by atoms with Crippen LogP contribution < -0.4 is 5.53 Å². The van der Waals surface area contributed by atoms with E-state index in [0.717, 1.165) is 26.1 Å². The molecule has 1 aliphatic rings. The number of rotatable bonds is 1. The maximum Gasteiger partial charge on any atom is 0.0775 e. The van der Waals surface area contributed by atoms with Gasteiger partial charge in [0, 0.05) is 13.2 Å². The predicted molar refractivity (Wildman–Crippen MR) is 28.4 cm³/mol. The lowest BCUT2D eigenvalue weighted by molar-refractivity contribution is 0.0857. The molecule has 1 fully saturated rings. The second-order valence-corrected chi connectivity index (χ2v) is 1.96. The normalized spacial score (nSPS) is 23.0. The van der Waals surface area contributed by atoms with Crippen molar-refractivity contribution in [3.05, 3.63) is 0 Å². The van der Waals surface area contributed by atoms with Gasteiger partial charge in [0.05, 0.1) is 6.04 Å². The first-order valence-electron chi connectivity index (χ1n) is 2.85. The number of hydrogen-bond acceptors (Lipinski definition) is 2. The van der Waals surface area contributed by atoms with Crippen molar-refractivity contribution in [3.63, 3.8) is 0 Å². The van der Waals surface area contributed by atoms with E-state index in [0.29, 0.717) is 0 Å². The van der Waals surface area contributed by atoms with Crippen LogP contribution in [0.15, 0.2) is 5.11 Å². The van der Waals surface area contributed by atoms with Crippen LogP contribution in [0.5, 0.6) is 0 Å². The van der Waals surface area contributed by atoms with Crippen molar-refractivity contribution < 1.29 is 4.74 Å². The van der Waals surface area contributed by atoms with Gasteiger partial charge in [0.25, 0.3) is 0 Å². The Hall–Kier alpha value is -0.440. The lowest BCUT2D eigenvalue weighted by atomic mass is 10.1. The molecule has 1 rings (SSSR count). The summed E-state index contributed by atoms with van der Waals surface area (Å²) in [5, 5.41) is 3.17. The van der Waals surface area contributed by atoms with Crippen LogP contribution in [0.25, 0.3) is 0 Å². The highest BCUT2D eigenvalue weighted by atomic mass is 16.5. The van der Waals surface area contributed by atoms with E-state index in [1.165, 1.54) is 0 Å². The van der Waals surface area contributed by atoms with E-state index in [9.17, 15) is 0 Å². The largest absolute Gasteiger partial charge is 0.381 e. The molecule has 1 radical (unpaired) electrons. The summed E-state index contributed by atoms with van der Waals surface area (Å²) in [4.78, 5) is 0. The fraction of sp³-hybridized carbons (Fsp3) is 1.00. The van der Waals surface area contributed by atoms with E-state index in [2.05, 4.69) is 5.11 Å². The molecule has 3 nitrogen and oxygen atoms in total. The zero-order chi connectivity index (χ0) is 5.82. The minimum absolute atomic E-state index is 0.142. The number of ether oxygens (including phenoxy) is 1. The maximum atomic E-state index is 8.26. The summed E-state index contributed by atoms with van der Waals surface area (Å²) >= 11 is 0. The molecule has 0 saturated carbocycles. The van der Waals surface area contributed by atoms with Crippen LogP contribution in [0.3, 0.4) is 0 Å². The van der Waals surface area contributed by atoms with Crippen molar-refractivity contribution in [1.82, 2.24) is 5.53 Å². The third-order valence-electron chi connectivity index (χ3n) is 1.35. The second kappa shape index (κ2) is 2.77. The average Bonchev–Trinajstić information content (AvgIpc) is 1.90. The first kappa shape index (κ1) is 5.69. The summed E-state index contributed by atoms with van der Waals surface area (Å²) in [6.45, 7) is 1.49. The van der Waals surface area contributed by atoms with Crippen LogP contribution in [0, 0.1) is 0 Å². The van der Waals surface area contributed by atoms with Crippen molar-refractivity contribution >= 4 is 0 Å². The monoisotopic (exact) mass is 113 g/mol. The van der Waals surface area contributed by atoms with Crippen LogP contribution >= 0.6 is 0 Å². The van der Waals surface area contributed by atoms with E-state index < -0.39 is 0 Å². The molecular formula is C5H9N2O. The van der Waals surface area contributed by atoms with Crippen molar-refractivity contribution in [2.45, 2.75) is 18.9 Å². The fourth-order valence-electron chi connectivity index (χ4n) is 0.801. The van der Waals surface area contributed by atoms with E-state index in [1.807, 2.05) is 0 Å². The Kier molecular flexibility index (Phi) is 1.97. The Balaban J connectivity index is 2.22. The van der Waals surface area contributed by atoms with Crippen molar-refractivity contribution in [1.29, 1.82) is 0 Å². The third kappa shape index (κ3) is 1.26. The second-order valence-electron chi connectivity index (χ2n) is 1.96. The molecule has 0 atom stereocenters. The highest BCUT2D eigenvalue weighted by Crippen LogP contribution is 2.08. The highest BCUT2D eigenvalue weighted by molar-refractivity contribution is 4.66. The number of nitrogens with zero attached hydrogens (tertiary/aromatic N) is 2. The Bertz CT molecular complexity index is 78.5. The minimum atomic E-state index is 0.142. The summed E-state index contributed by atoms with van der Waals surface area (Å²) in [6.07, 6.45) is 1.74. The molecule has 0 N–H and O–H groups in total. The summed E-state index contributed by atoms with van der Waals surface area (Å²) in [5.74, 6) is 0. The van der Waals surface area contributed by atoms with Crippen LogP contribution in [0.1, 0.15) is 12.8 Å². The Morgan fingerprint density at radius 1 is 1.38 bits per heavy atom. The molecule has 0 aromatic carbocycles. The SMILES string of the molecule is [N]=NC1CCOCC1. The molecule has 8 heavy (non-hydrogen) atoms. The molecule has 3 heteroatoms. The topological polar surface area (TPSA) is 43.9 Å². The van der Waals surface area contributed by atoms with Crippen LogP contribution in [-0.4, -0.2) is 19.3 Å². The van der Waals surface area contributed by atoms with Gasteiger partial charge < -0.3 is 4.74 Å². The van der Waals surface area contributed by atoms with Gasteiger partial charge in [-0.05, 0) is 18.4 Å². The van der Waals surface area contributed by atoms with Gasteiger partial charge in [-0.2, -0.15) is 5.11 Å². The van der Waals surface area contributed by atoms with Crippen LogP contribution in [0.4, 0.5) is 0 Å². The van der Waals surface area contributed by atoms with E-state index >= 15 is 0 Å². The molecule has 0 amide bonds. The molecule has 0 bridgehead atoms. The third-order valence-corrected chi connectivity index (χ3v) is 1.35. The fourth-order valence-corrected chi connectivity index (χ4v) is 0.801. The number of hydrogen-bond donors (Lipinski definition) is 0. The standard InChI is InChI=1S/C5H9N2O/c6-7-5-1-3-8-4-2-5/h5H,1-4H2. The maximum absolute atomic E-state index is 8.26. The lowest BCUT2D eigenvalue weighted by Gasteiger charge is -2.15. The van der Waals surface area contributed by atoms with Gasteiger partial charge in [0.1, 0.15) is 0 Å². The van der Waals surface area contributed by atoms with E-state index in [1.54, 1.807) is 0 Å². The van der Waals surface area contributed by atoms with Gasteiger partial charge in [-0.25, -0.2) is 0 Å².